The third kappa shape index (κ3) is 5.68. The van der Waals surface area contributed by atoms with Gasteiger partial charge in [-0.3, -0.25) is 0 Å². The number of anilines is 3. The zero-order valence-electron chi connectivity index (χ0n) is 16.5. The number of aryl methyl sites for hydroxylation is 1. The van der Waals surface area contributed by atoms with Crippen molar-refractivity contribution in [3.63, 3.8) is 0 Å². The van der Waals surface area contributed by atoms with Crippen molar-refractivity contribution in [3.05, 3.63) is 65.2 Å². The molecule has 0 radical (unpaired) electrons. The Labute approximate surface area is 171 Å². The fourth-order valence-corrected chi connectivity index (χ4v) is 2.97. The van der Waals surface area contributed by atoms with Crippen LogP contribution in [0.5, 0.6) is 0 Å². The Morgan fingerprint density at radius 2 is 1.71 bits per heavy atom. The van der Waals surface area contributed by atoms with Crippen molar-refractivity contribution in [1.29, 1.82) is 0 Å². The Morgan fingerprint density at radius 3 is 2.46 bits per heavy atom. The highest BCUT2D eigenvalue weighted by Gasteiger charge is 2.09. The molecule has 5 nitrogen and oxygen atoms in total. The molecule has 3 rings (SSSR count). The highest BCUT2D eigenvalue weighted by Crippen LogP contribution is 2.26. The molecule has 0 fully saturated rings. The average Bonchev–Trinajstić information content (AvgIpc) is 2.68. The molecule has 0 saturated carbocycles. The highest BCUT2D eigenvalue weighted by molar-refractivity contribution is 6.30. The van der Waals surface area contributed by atoms with Crippen molar-refractivity contribution in [2.24, 2.45) is 0 Å². The molecule has 0 atom stereocenters. The Morgan fingerprint density at radius 1 is 0.964 bits per heavy atom. The molecule has 0 aliphatic rings. The van der Waals surface area contributed by atoms with Crippen LogP contribution in [0.2, 0.25) is 5.02 Å². The highest BCUT2D eigenvalue weighted by atomic mass is 35.5. The minimum Gasteiger partial charge on any atom is -0.370 e. The van der Waals surface area contributed by atoms with Crippen molar-refractivity contribution in [1.82, 2.24) is 14.9 Å². The van der Waals surface area contributed by atoms with Gasteiger partial charge in [0, 0.05) is 28.9 Å². The van der Waals surface area contributed by atoms with E-state index in [9.17, 15) is 0 Å². The summed E-state index contributed by atoms with van der Waals surface area (Å²) in [5.41, 5.74) is 3.01. The maximum Gasteiger partial charge on any atom is 0.163 e. The van der Waals surface area contributed by atoms with Crippen LogP contribution in [-0.2, 0) is 0 Å². The monoisotopic (exact) mass is 395 g/mol. The summed E-state index contributed by atoms with van der Waals surface area (Å²) in [4.78, 5) is 11.6. The lowest BCUT2D eigenvalue weighted by Crippen LogP contribution is -2.16. The molecular formula is C22H26ClN5. The predicted octanol–water partition coefficient (Wildman–Crippen LogP) is 5.21. The first-order valence-electron chi connectivity index (χ1n) is 9.37. The van der Waals surface area contributed by atoms with Gasteiger partial charge in [-0.2, -0.15) is 0 Å². The second-order valence-electron chi connectivity index (χ2n) is 7.00. The van der Waals surface area contributed by atoms with E-state index in [1.54, 1.807) is 0 Å². The van der Waals surface area contributed by atoms with Gasteiger partial charge in [0.05, 0.1) is 0 Å². The zero-order chi connectivity index (χ0) is 19.9. The van der Waals surface area contributed by atoms with Crippen LogP contribution < -0.4 is 10.6 Å². The molecule has 28 heavy (non-hydrogen) atoms. The van der Waals surface area contributed by atoms with Crippen LogP contribution >= 0.6 is 11.6 Å². The van der Waals surface area contributed by atoms with Gasteiger partial charge < -0.3 is 15.5 Å². The first-order chi connectivity index (χ1) is 13.5. The molecule has 0 unspecified atom stereocenters. The molecule has 0 amide bonds. The number of benzene rings is 2. The van der Waals surface area contributed by atoms with Gasteiger partial charge in [-0.25, -0.2) is 9.97 Å². The van der Waals surface area contributed by atoms with E-state index in [1.165, 1.54) is 0 Å². The standard InChI is InChI=1S/C22H26ClN5/c1-16-10-11-18(23)14-19(16)25-21-15-20(24-12-7-13-28(2)3)26-22(27-21)17-8-5-4-6-9-17/h4-6,8-11,14-15H,7,12-13H2,1-3H3,(H2,24,25,26,27). The summed E-state index contributed by atoms with van der Waals surface area (Å²) >= 11 is 6.16. The van der Waals surface area contributed by atoms with Gasteiger partial charge in [0.1, 0.15) is 11.6 Å². The number of hydrogen-bond donors (Lipinski definition) is 2. The van der Waals surface area contributed by atoms with Crippen molar-refractivity contribution in [2.75, 3.05) is 37.8 Å². The van der Waals surface area contributed by atoms with Gasteiger partial charge in [0.15, 0.2) is 5.82 Å². The predicted molar refractivity (Wildman–Crippen MR) is 119 cm³/mol. The molecular weight excluding hydrogens is 370 g/mol. The largest absolute Gasteiger partial charge is 0.370 e. The minimum atomic E-state index is 0.681. The van der Waals surface area contributed by atoms with E-state index in [1.807, 2.05) is 61.5 Å². The summed E-state index contributed by atoms with van der Waals surface area (Å²) in [6.45, 7) is 3.91. The van der Waals surface area contributed by atoms with E-state index in [4.69, 9.17) is 21.6 Å². The summed E-state index contributed by atoms with van der Waals surface area (Å²) in [6, 6.07) is 17.7. The summed E-state index contributed by atoms with van der Waals surface area (Å²) < 4.78 is 0. The van der Waals surface area contributed by atoms with Gasteiger partial charge in [-0.15, -0.1) is 0 Å². The van der Waals surface area contributed by atoms with Crippen LogP contribution in [0.3, 0.4) is 0 Å². The van der Waals surface area contributed by atoms with Crippen LogP contribution in [0, 0.1) is 6.92 Å². The molecule has 3 aromatic rings. The zero-order valence-corrected chi connectivity index (χ0v) is 17.3. The van der Waals surface area contributed by atoms with E-state index in [-0.39, 0.29) is 0 Å². The molecule has 6 heteroatoms. The second-order valence-corrected chi connectivity index (χ2v) is 7.43. The molecule has 1 heterocycles. The lowest BCUT2D eigenvalue weighted by atomic mass is 10.2. The van der Waals surface area contributed by atoms with Gasteiger partial charge in [0.2, 0.25) is 0 Å². The smallest absolute Gasteiger partial charge is 0.163 e. The molecule has 0 aliphatic heterocycles. The average molecular weight is 396 g/mol. The summed E-state index contributed by atoms with van der Waals surface area (Å²) in [6.07, 6.45) is 1.04. The van der Waals surface area contributed by atoms with Crippen molar-refractivity contribution < 1.29 is 0 Å². The minimum absolute atomic E-state index is 0.681. The lowest BCUT2D eigenvalue weighted by Gasteiger charge is -2.14. The van der Waals surface area contributed by atoms with E-state index in [2.05, 4.69) is 29.6 Å². The van der Waals surface area contributed by atoms with Crippen LogP contribution in [0.1, 0.15) is 12.0 Å². The van der Waals surface area contributed by atoms with Crippen LogP contribution in [0.15, 0.2) is 54.6 Å². The fourth-order valence-electron chi connectivity index (χ4n) is 2.80. The topological polar surface area (TPSA) is 53.1 Å². The Kier molecular flexibility index (Phi) is 6.85. The van der Waals surface area contributed by atoms with E-state index < -0.39 is 0 Å². The van der Waals surface area contributed by atoms with Crippen molar-refractivity contribution >= 4 is 28.9 Å². The number of rotatable bonds is 8. The summed E-state index contributed by atoms with van der Waals surface area (Å²) in [5, 5.41) is 7.49. The van der Waals surface area contributed by atoms with Crippen molar-refractivity contribution in [3.8, 4) is 11.4 Å². The molecule has 0 bridgehead atoms. The fraction of sp³-hybridized carbons (Fsp3) is 0.273. The van der Waals surface area contributed by atoms with E-state index in [0.717, 1.165) is 48.0 Å². The number of nitrogens with one attached hydrogen (secondary N) is 2. The maximum absolute atomic E-state index is 6.16. The maximum atomic E-state index is 6.16. The first kappa shape index (κ1) is 20.1. The van der Waals surface area contributed by atoms with Crippen molar-refractivity contribution in [2.45, 2.75) is 13.3 Å². The molecule has 2 N–H and O–H groups in total. The van der Waals surface area contributed by atoms with Gasteiger partial charge in [-0.05, 0) is 51.7 Å². The normalized spacial score (nSPS) is 10.9. The van der Waals surface area contributed by atoms with Gasteiger partial charge in [-0.1, -0.05) is 48.0 Å². The van der Waals surface area contributed by atoms with Crippen LogP contribution in [0.4, 0.5) is 17.3 Å². The van der Waals surface area contributed by atoms with E-state index in [0.29, 0.717) is 10.8 Å². The second kappa shape index (κ2) is 9.53. The molecule has 146 valence electrons. The number of nitrogens with zero attached hydrogens (tertiary/aromatic N) is 3. The summed E-state index contributed by atoms with van der Waals surface area (Å²) in [7, 11) is 4.15. The summed E-state index contributed by atoms with van der Waals surface area (Å²) in [5.74, 6) is 2.21. The van der Waals surface area contributed by atoms with Crippen LogP contribution in [-0.4, -0.2) is 42.1 Å². The number of hydrogen-bond acceptors (Lipinski definition) is 5. The third-order valence-corrected chi connectivity index (χ3v) is 4.54. The molecule has 0 aliphatic carbocycles. The van der Waals surface area contributed by atoms with Gasteiger partial charge in [0.25, 0.3) is 0 Å². The first-order valence-corrected chi connectivity index (χ1v) is 9.75. The Bertz CT molecular complexity index is 912. The molecule has 2 aromatic carbocycles. The Balaban J connectivity index is 1.87. The molecule has 1 aromatic heterocycles. The molecule has 0 spiro atoms. The lowest BCUT2D eigenvalue weighted by molar-refractivity contribution is 0.405. The Hall–Kier alpha value is -2.63. The third-order valence-electron chi connectivity index (χ3n) is 4.31. The quantitative estimate of drug-likeness (QED) is 0.512. The SMILES string of the molecule is Cc1ccc(Cl)cc1Nc1cc(NCCCN(C)C)nc(-c2ccccc2)n1. The molecule has 0 saturated heterocycles. The number of aromatic nitrogens is 2. The number of halogens is 1. The van der Waals surface area contributed by atoms with Gasteiger partial charge >= 0.3 is 0 Å². The van der Waals surface area contributed by atoms with E-state index >= 15 is 0 Å². The van der Waals surface area contributed by atoms with Crippen LogP contribution in [0.25, 0.3) is 11.4 Å².